The number of aryl methyl sites for hydroxylation is 1. The monoisotopic (exact) mass is 264 g/mol. The highest BCUT2D eigenvalue weighted by atomic mass is 32.2. The van der Waals surface area contributed by atoms with E-state index in [-0.39, 0.29) is 10.6 Å². The van der Waals surface area contributed by atoms with Gasteiger partial charge in [-0.1, -0.05) is 13.0 Å². The van der Waals surface area contributed by atoms with Gasteiger partial charge in [0.1, 0.15) is 0 Å². The number of anilines is 1. The van der Waals surface area contributed by atoms with Gasteiger partial charge in [-0.15, -0.1) is 0 Å². The molecule has 1 aromatic rings. The second-order valence-electron chi connectivity index (χ2n) is 3.46. The van der Waals surface area contributed by atoms with Crippen LogP contribution in [0.2, 0.25) is 0 Å². The minimum absolute atomic E-state index is 0.0411. The first-order chi connectivity index (χ1) is 7.86. The van der Waals surface area contributed by atoms with Crippen LogP contribution in [0.25, 0.3) is 0 Å². The maximum atomic E-state index is 12.0. The Bertz CT molecular complexity index is 489. The molecule has 1 aromatic carbocycles. The second kappa shape index (κ2) is 5.42. The molecule has 0 unspecified atom stereocenters. The van der Waals surface area contributed by atoms with E-state index in [0.29, 0.717) is 12.0 Å². The Hall–Kier alpha value is -1.21. The van der Waals surface area contributed by atoms with Crippen LogP contribution in [-0.4, -0.2) is 21.4 Å². The quantitative estimate of drug-likeness (QED) is 0.789. The lowest BCUT2D eigenvalue weighted by Gasteiger charge is -2.11. The summed E-state index contributed by atoms with van der Waals surface area (Å²) in [5.41, 5.74) is 6.31. The van der Waals surface area contributed by atoms with Crippen molar-refractivity contribution in [1.29, 1.82) is 0 Å². The predicted octanol–water partition coefficient (Wildman–Crippen LogP) is 1.37. The summed E-state index contributed by atoms with van der Waals surface area (Å²) in [5.74, 6) is 0. The standard InChI is InChI=1S/C10H14F2N2O2S/c1-2-7-3-4-8(13)5-9(7)17(15,16)14-6-10(11)12/h3-5,10,14H,2,6,13H2,1H3. The van der Waals surface area contributed by atoms with Crippen molar-refractivity contribution in [3.05, 3.63) is 23.8 Å². The summed E-state index contributed by atoms with van der Waals surface area (Å²) in [7, 11) is -3.93. The van der Waals surface area contributed by atoms with Crippen LogP contribution in [0.15, 0.2) is 23.1 Å². The third-order valence-electron chi connectivity index (χ3n) is 2.19. The Morgan fingerprint density at radius 2 is 2.06 bits per heavy atom. The molecule has 0 aliphatic rings. The Morgan fingerprint density at radius 1 is 1.41 bits per heavy atom. The molecular formula is C10H14F2N2O2S. The zero-order chi connectivity index (χ0) is 13.1. The van der Waals surface area contributed by atoms with Crippen LogP contribution in [0.4, 0.5) is 14.5 Å². The number of nitrogens with one attached hydrogen (secondary N) is 1. The van der Waals surface area contributed by atoms with Gasteiger partial charge in [-0.05, 0) is 24.1 Å². The summed E-state index contributed by atoms with van der Waals surface area (Å²) >= 11 is 0. The van der Waals surface area contributed by atoms with Crippen LogP contribution in [0.5, 0.6) is 0 Å². The maximum Gasteiger partial charge on any atom is 0.251 e. The summed E-state index contributed by atoms with van der Waals surface area (Å²) in [6.07, 6.45) is -2.25. The molecule has 0 atom stereocenters. The first-order valence-corrected chi connectivity index (χ1v) is 6.51. The molecule has 0 fully saturated rings. The smallest absolute Gasteiger partial charge is 0.251 e. The van der Waals surface area contributed by atoms with Crippen LogP contribution in [0.3, 0.4) is 0 Å². The number of alkyl halides is 2. The molecule has 0 saturated carbocycles. The predicted molar refractivity (Wildman–Crippen MR) is 61.4 cm³/mol. The summed E-state index contributed by atoms with van der Waals surface area (Å²) in [4.78, 5) is -0.0411. The van der Waals surface area contributed by atoms with Crippen molar-refractivity contribution in [2.24, 2.45) is 0 Å². The molecular weight excluding hydrogens is 250 g/mol. The van der Waals surface area contributed by atoms with Crippen LogP contribution < -0.4 is 10.5 Å². The summed E-state index contributed by atoms with van der Waals surface area (Å²) in [6.45, 7) is 0.873. The Balaban J connectivity index is 3.09. The van der Waals surface area contributed by atoms with Crippen molar-refractivity contribution in [1.82, 2.24) is 4.72 Å². The fourth-order valence-corrected chi connectivity index (χ4v) is 2.71. The van der Waals surface area contributed by atoms with Crippen molar-refractivity contribution in [3.63, 3.8) is 0 Å². The number of benzene rings is 1. The first-order valence-electron chi connectivity index (χ1n) is 5.03. The third kappa shape index (κ3) is 3.64. The van der Waals surface area contributed by atoms with E-state index in [2.05, 4.69) is 0 Å². The van der Waals surface area contributed by atoms with E-state index in [1.165, 1.54) is 6.07 Å². The van der Waals surface area contributed by atoms with Crippen LogP contribution >= 0.6 is 0 Å². The first kappa shape index (κ1) is 13.9. The van der Waals surface area contributed by atoms with Crippen LogP contribution in [0.1, 0.15) is 12.5 Å². The van der Waals surface area contributed by atoms with Gasteiger partial charge in [0.15, 0.2) is 0 Å². The molecule has 0 aliphatic heterocycles. The van der Waals surface area contributed by atoms with Gasteiger partial charge < -0.3 is 5.73 Å². The van der Waals surface area contributed by atoms with E-state index in [0.717, 1.165) is 0 Å². The van der Waals surface area contributed by atoms with E-state index in [4.69, 9.17) is 5.73 Å². The zero-order valence-corrected chi connectivity index (χ0v) is 10.1. The number of halogens is 2. The lowest BCUT2D eigenvalue weighted by molar-refractivity contribution is 0.153. The average molecular weight is 264 g/mol. The molecule has 0 radical (unpaired) electrons. The van der Waals surface area contributed by atoms with Gasteiger partial charge in [0.05, 0.1) is 11.4 Å². The fraction of sp³-hybridized carbons (Fsp3) is 0.400. The maximum absolute atomic E-state index is 12.0. The number of hydrogen-bond acceptors (Lipinski definition) is 3. The van der Waals surface area contributed by atoms with E-state index >= 15 is 0 Å². The molecule has 3 N–H and O–H groups in total. The highest BCUT2D eigenvalue weighted by Crippen LogP contribution is 2.19. The lowest BCUT2D eigenvalue weighted by atomic mass is 10.1. The largest absolute Gasteiger partial charge is 0.399 e. The summed E-state index contributed by atoms with van der Waals surface area (Å²) in [6, 6.07) is 4.42. The van der Waals surface area contributed by atoms with E-state index in [1.807, 2.05) is 4.72 Å². The molecule has 0 saturated heterocycles. The van der Waals surface area contributed by atoms with Crippen molar-refractivity contribution in [3.8, 4) is 0 Å². The average Bonchev–Trinajstić information content (AvgIpc) is 2.26. The molecule has 0 heterocycles. The summed E-state index contributed by atoms with van der Waals surface area (Å²) in [5, 5.41) is 0. The molecule has 7 heteroatoms. The van der Waals surface area contributed by atoms with E-state index in [1.54, 1.807) is 19.1 Å². The van der Waals surface area contributed by atoms with Crippen molar-refractivity contribution in [2.75, 3.05) is 12.3 Å². The van der Waals surface area contributed by atoms with Gasteiger partial charge >= 0.3 is 0 Å². The molecule has 0 spiro atoms. The molecule has 0 bridgehead atoms. The lowest BCUT2D eigenvalue weighted by Crippen LogP contribution is -2.29. The highest BCUT2D eigenvalue weighted by molar-refractivity contribution is 7.89. The fourth-order valence-electron chi connectivity index (χ4n) is 1.36. The van der Waals surface area contributed by atoms with Crippen molar-refractivity contribution < 1.29 is 17.2 Å². The number of nitrogens with two attached hydrogens (primary N) is 1. The molecule has 0 amide bonds. The van der Waals surface area contributed by atoms with Gasteiger partial charge in [-0.3, -0.25) is 0 Å². The topological polar surface area (TPSA) is 72.2 Å². The Labute approximate surface area is 98.9 Å². The zero-order valence-electron chi connectivity index (χ0n) is 9.28. The highest BCUT2D eigenvalue weighted by Gasteiger charge is 2.19. The van der Waals surface area contributed by atoms with Crippen molar-refractivity contribution >= 4 is 15.7 Å². The van der Waals surface area contributed by atoms with Crippen molar-refractivity contribution in [2.45, 2.75) is 24.7 Å². The van der Waals surface area contributed by atoms with Crippen LogP contribution in [-0.2, 0) is 16.4 Å². The van der Waals surface area contributed by atoms with Gasteiger partial charge in [-0.2, -0.15) is 0 Å². The Kier molecular flexibility index (Phi) is 4.41. The molecule has 0 aromatic heterocycles. The van der Waals surface area contributed by atoms with Gasteiger partial charge in [0.25, 0.3) is 6.43 Å². The molecule has 17 heavy (non-hydrogen) atoms. The molecule has 0 aliphatic carbocycles. The van der Waals surface area contributed by atoms with E-state index in [9.17, 15) is 17.2 Å². The number of hydrogen-bond donors (Lipinski definition) is 2. The minimum Gasteiger partial charge on any atom is -0.399 e. The normalized spacial score (nSPS) is 12.0. The number of nitrogen functional groups attached to an aromatic ring is 1. The second-order valence-corrected chi connectivity index (χ2v) is 5.20. The van der Waals surface area contributed by atoms with Gasteiger partial charge in [0.2, 0.25) is 10.0 Å². The molecule has 1 rings (SSSR count). The molecule has 96 valence electrons. The summed E-state index contributed by atoms with van der Waals surface area (Å²) < 4.78 is 49.4. The SMILES string of the molecule is CCc1ccc(N)cc1S(=O)(=O)NCC(F)F. The van der Waals surface area contributed by atoms with E-state index < -0.39 is 23.0 Å². The van der Waals surface area contributed by atoms with Crippen LogP contribution in [0, 0.1) is 0 Å². The Morgan fingerprint density at radius 3 is 2.59 bits per heavy atom. The number of sulfonamides is 1. The van der Waals surface area contributed by atoms with Gasteiger partial charge in [-0.25, -0.2) is 21.9 Å². The minimum atomic E-state index is -3.93. The van der Waals surface area contributed by atoms with Gasteiger partial charge in [0, 0.05) is 5.69 Å². The third-order valence-corrected chi connectivity index (χ3v) is 3.70. The molecule has 4 nitrogen and oxygen atoms in total. The number of rotatable bonds is 5.